The van der Waals surface area contributed by atoms with E-state index in [0.29, 0.717) is 0 Å². The Morgan fingerprint density at radius 3 is 2.64 bits per heavy atom. The summed E-state index contributed by atoms with van der Waals surface area (Å²) in [5.41, 5.74) is 0. The summed E-state index contributed by atoms with van der Waals surface area (Å²) >= 11 is 0. The first-order chi connectivity index (χ1) is 5.38. The Morgan fingerprint density at radius 2 is 2.18 bits per heavy atom. The van der Waals surface area contributed by atoms with Crippen molar-refractivity contribution in [2.75, 3.05) is 33.9 Å². The van der Waals surface area contributed by atoms with E-state index in [9.17, 15) is 0 Å². The molecule has 1 N–H and O–H groups in total. The van der Waals surface area contributed by atoms with Gasteiger partial charge < -0.3 is 19.5 Å². The zero-order valence-electron chi connectivity index (χ0n) is 7.00. The van der Waals surface area contributed by atoms with Gasteiger partial charge in [-0.15, -0.1) is 0 Å². The average Bonchev–Trinajstić information content (AvgIpc) is 2.09. The minimum atomic E-state index is -0.247. The third kappa shape index (κ3) is 2.41. The molecule has 4 nitrogen and oxygen atoms in total. The van der Waals surface area contributed by atoms with Crippen LogP contribution in [-0.4, -0.2) is 46.3 Å². The highest BCUT2D eigenvalue weighted by Crippen LogP contribution is 2.05. The predicted molar refractivity (Wildman–Crippen MR) is 40.4 cm³/mol. The zero-order chi connectivity index (χ0) is 8.10. The second kappa shape index (κ2) is 4.66. The van der Waals surface area contributed by atoms with Gasteiger partial charge in [-0.05, 0) is 0 Å². The van der Waals surface area contributed by atoms with Crippen LogP contribution in [0.25, 0.3) is 0 Å². The first kappa shape index (κ1) is 8.93. The summed E-state index contributed by atoms with van der Waals surface area (Å²) in [6.07, 6.45) is -0.221. The quantitative estimate of drug-likeness (QED) is 0.571. The smallest absolute Gasteiger partial charge is 0.184 e. The Kier molecular flexibility index (Phi) is 3.79. The number of rotatable bonds is 3. The van der Waals surface area contributed by atoms with Gasteiger partial charge in [0.25, 0.3) is 0 Å². The molecule has 4 heteroatoms. The van der Waals surface area contributed by atoms with Crippen LogP contribution in [0.4, 0.5) is 0 Å². The Bertz CT molecular complexity index is 99.9. The minimum absolute atomic E-state index is 0.0266. The van der Waals surface area contributed by atoms with Crippen molar-refractivity contribution in [1.29, 1.82) is 0 Å². The fraction of sp³-hybridized carbons (Fsp3) is 1.00. The molecule has 1 saturated heterocycles. The van der Waals surface area contributed by atoms with Gasteiger partial charge in [0.15, 0.2) is 6.29 Å². The molecule has 1 aliphatic rings. The third-order valence-electron chi connectivity index (χ3n) is 1.72. The lowest BCUT2D eigenvalue weighted by molar-refractivity contribution is -0.185. The highest BCUT2D eigenvalue weighted by atomic mass is 16.7. The lowest BCUT2D eigenvalue weighted by Gasteiger charge is -2.28. The molecule has 0 aliphatic carbocycles. The Hall–Kier alpha value is -0.160. The fourth-order valence-electron chi connectivity index (χ4n) is 1.16. The van der Waals surface area contributed by atoms with Crippen LogP contribution in [0.5, 0.6) is 0 Å². The SMILES string of the molecule is COC(OC)[C@@H]1CNCCO1. The molecule has 0 unspecified atom stereocenters. The molecule has 1 rings (SSSR count). The second-order valence-electron chi connectivity index (χ2n) is 2.45. The van der Waals surface area contributed by atoms with E-state index in [2.05, 4.69) is 5.32 Å². The summed E-state index contributed by atoms with van der Waals surface area (Å²) in [5, 5.41) is 3.20. The molecule has 11 heavy (non-hydrogen) atoms. The Labute approximate surface area is 66.8 Å². The number of hydrogen-bond donors (Lipinski definition) is 1. The molecule has 1 fully saturated rings. The van der Waals surface area contributed by atoms with Gasteiger partial charge in [-0.1, -0.05) is 0 Å². The monoisotopic (exact) mass is 161 g/mol. The van der Waals surface area contributed by atoms with Gasteiger partial charge in [0.2, 0.25) is 0 Å². The van der Waals surface area contributed by atoms with Gasteiger partial charge in [0.1, 0.15) is 6.10 Å². The van der Waals surface area contributed by atoms with Crippen molar-refractivity contribution in [1.82, 2.24) is 5.32 Å². The van der Waals surface area contributed by atoms with Crippen LogP contribution in [0.15, 0.2) is 0 Å². The summed E-state index contributed by atoms with van der Waals surface area (Å²) in [4.78, 5) is 0. The van der Waals surface area contributed by atoms with Crippen molar-refractivity contribution in [3.8, 4) is 0 Å². The van der Waals surface area contributed by atoms with Crippen LogP contribution in [0.3, 0.4) is 0 Å². The lowest BCUT2D eigenvalue weighted by atomic mass is 10.3. The molecule has 66 valence electrons. The van der Waals surface area contributed by atoms with Gasteiger partial charge in [-0.2, -0.15) is 0 Å². The summed E-state index contributed by atoms with van der Waals surface area (Å²) in [6, 6.07) is 0. The molecule has 0 spiro atoms. The predicted octanol–water partition coefficient (Wildman–Crippen LogP) is -0.406. The molecule has 0 aromatic carbocycles. The standard InChI is InChI=1S/C7H15NO3/c1-9-7(10-2)6-5-8-3-4-11-6/h6-8H,3-5H2,1-2H3/t6-/m0/s1. The molecule has 0 amide bonds. The van der Waals surface area contributed by atoms with Crippen molar-refractivity contribution >= 4 is 0 Å². The normalized spacial score (nSPS) is 25.9. The van der Waals surface area contributed by atoms with Crippen molar-refractivity contribution in [2.45, 2.75) is 12.4 Å². The van der Waals surface area contributed by atoms with E-state index < -0.39 is 0 Å². The molecule has 0 radical (unpaired) electrons. The van der Waals surface area contributed by atoms with E-state index >= 15 is 0 Å². The molecule has 0 saturated carbocycles. The molecule has 0 bridgehead atoms. The van der Waals surface area contributed by atoms with Gasteiger partial charge >= 0.3 is 0 Å². The Morgan fingerprint density at radius 1 is 1.45 bits per heavy atom. The number of morpholine rings is 1. The molecular weight excluding hydrogens is 146 g/mol. The molecule has 1 aliphatic heterocycles. The van der Waals surface area contributed by atoms with E-state index in [-0.39, 0.29) is 12.4 Å². The van der Waals surface area contributed by atoms with Crippen LogP contribution in [0.2, 0.25) is 0 Å². The van der Waals surface area contributed by atoms with Gasteiger partial charge in [0, 0.05) is 27.3 Å². The highest BCUT2D eigenvalue weighted by molar-refractivity contribution is 4.69. The first-order valence-corrected chi connectivity index (χ1v) is 3.76. The lowest BCUT2D eigenvalue weighted by Crippen LogP contribution is -2.46. The maximum atomic E-state index is 5.41. The molecular formula is C7H15NO3. The number of hydrogen-bond acceptors (Lipinski definition) is 4. The van der Waals surface area contributed by atoms with Crippen LogP contribution < -0.4 is 5.32 Å². The van der Waals surface area contributed by atoms with E-state index in [1.165, 1.54) is 0 Å². The first-order valence-electron chi connectivity index (χ1n) is 3.76. The molecule has 1 atom stereocenters. The van der Waals surface area contributed by atoms with Crippen LogP contribution in [0.1, 0.15) is 0 Å². The van der Waals surface area contributed by atoms with Crippen molar-refractivity contribution < 1.29 is 14.2 Å². The van der Waals surface area contributed by atoms with Gasteiger partial charge in [-0.25, -0.2) is 0 Å². The van der Waals surface area contributed by atoms with E-state index in [1.54, 1.807) is 14.2 Å². The van der Waals surface area contributed by atoms with Crippen LogP contribution in [0, 0.1) is 0 Å². The number of ether oxygens (including phenoxy) is 3. The summed E-state index contributed by atoms with van der Waals surface area (Å²) < 4.78 is 15.5. The molecule has 1 heterocycles. The highest BCUT2D eigenvalue weighted by Gasteiger charge is 2.23. The van der Waals surface area contributed by atoms with Crippen molar-refractivity contribution in [3.63, 3.8) is 0 Å². The largest absolute Gasteiger partial charge is 0.370 e. The zero-order valence-corrected chi connectivity index (χ0v) is 7.00. The minimum Gasteiger partial charge on any atom is -0.370 e. The second-order valence-corrected chi connectivity index (χ2v) is 2.45. The molecule has 0 aromatic heterocycles. The van der Waals surface area contributed by atoms with Crippen molar-refractivity contribution in [3.05, 3.63) is 0 Å². The fourth-order valence-corrected chi connectivity index (χ4v) is 1.16. The third-order valence-corrected chi connectivity index (χ3v) is 1.72. The van der Waals surface area contributed by atoms with E-state index in [1.807, 2.05) is 0 Å². The topological polar surface area (TPSA) is 39.7 Å². The van der Waals surface area contributed by atoms with E-state index in [4.69, 9.17) is 14.2 Å². The summed E-state index contributed by atoms with van der Waals surface area (Å²) in [7, 11) is 3.23. The van der Waals surface area contributed by atoms with Gasteiger partial charge in [0.05, 0.1) is 6.61 Å². The average molecular weight is 161 g/mol. The van der Waals surface area contributed by atoms with E-state index in [0.717, 1.165) is 19.7 Å². The summed E-state index contributed by atoms with van der Waals surface area (Å²) in [6.45, 7) is 2.44. The Balaban J connectivity index is 2.30. The molecule has 0 aromatic rings. The number of nitrogens with one attached hydrogen (secondary N) is 1. The van der Waals surface area contributed by atoms with Gasteiger partial charge in [-0.3, -0.25) is 0 Å². The maximum absolute atomic E-state index is 5.41. The van der Waals surface area contributed by atoms with Crippen LogP contribution in [-0.2, 0) is 14.2 Å². The summed E-state index contributed by atoms with van der Waals surface area (Å²) in [5.74, 6) is 0. The number of methoxy groups -OCH3 is 2. The van der Waals surface area contributed by atoms with Crippen LogP contribution >= 0.6 is 0 Å². The van der Waals surface area contributed by atoms with Crippen molar-refractivity contribution in [2.24, 2.45) is 0 Å². The maximum Gasteiger partial charge on any atom is 0.184 e.